The Morgan fingerprint density at radius 2 is 2.00 bits per heavy atom. The van der Waals surface area contributed by atoms with E-state index in [0.29, 0.717) is 19.6 Å². The predicted molar refractivity (Wildman–Crippen MR) is 72.1 cm³/mol. The summed E-state index contributed by atoms with van der Waals surface area (Å²) in [5.41, 5.74) is 0.876. The summed E-state index contributed by atoms with van der Waals surface area (Å²) in [4.78, 5) is 10.8. The lowest BCUT2D eigenvalue weighted by molar-refractivity contribution is -0.137. The van der Waals surface area contributed by atoms with Crippen molar-refractivity contribution in [3.8, 4) is 0 Å². The minimum atomic E-state index is -0.888. The summed E-state index contributed by atoms with van der Waals surface area (Å²) in [6.45, 7) is 1.14. The van der Waals surface area contributed by atoms with Crippen LogP contribution in [0, 0.1) is 5.82 Å². The van der Waals surface area contributed by atoms with E-state index >= 15 is 0 Å². The molecule has 6 heteroatoms. The Kier molecular flexibility index (Phi) is 7.79. The van der Waals surface area contributed by atoms with Crippen molar-refractivity contribution in [2.75, 3.05) is 26.4 Å². The molecule has 1 rings (SSSR count). The van der Waals surface area contributed by atoms with Gasteiger partial charge < -0.3 is 20.3 Å². The van der Waals surface area contributed by atoms with E-state index < -0.39 is 5.97 Å². The first-order valence-electron chi connectivity index (χ1n) is 6.50. The van der Waals surface area contributed by atoms with Crippen LogP contribution in [0.3, 0.4) is 0 Å². The fraction of sp³-hybridized carbons (Fsp3) is 0.500. The molecule has 0 radical (unpaired) electrons. The van der Waals surface area contributed by atoms with Gasteiger partial charge in [-0.15, -0.1) is 0 Å². The minimum absolute atomic E-state index is 0.0165. The van der Waals surface area contributed by atoms with Crippen LogP contribution in [0.15, 0.2) is 24.3 Å². The van der Waals surface area contributed by atoms with Crippen LogP contribution in [-0.4, -0.2) is 48.6 Å². The van der Waals surface area contributed by atoms with Crippen LogP contribution in [-0.2, 0) is 16.0 Å². The number of benzene rings is 1. The second kappa shape index (κ2) is 9.41. The zero-order valence-corrected chi connectivity index (χ0v) is 11.2. The van der Waals surface area contributed by atoms with Crippen molar-refractivity contribution in [2.24, 2.45) is 0 Å². The summed E-state index contributed by atoms with van der Waals surface area (Å²) in [5, 5.41) is 20.5. The number of aliphatic hydroxyl groups is 1. The van der Waals surface area contributed by atoms with E-state index in [0.717, 1.165) is 5.56 Å². The third kappa shape index (κ3) is 7.18. The Bertz CT molecular complexity index is 397. The molecule has 0 saturated heterocycles. The highest BCUT2D eigenvalue weighted by molar-refractivity contribution is 5.67. The molecule has 0 bridgehead atoms. The number of rotatable bonds is 10. The van der Waals surface area contributed by atoms with Gasteiger partial charge in [0, 0.05) is 12.6 Å². The molecule has 3 N–H and O–H groups in total. The fourth-order valence-electron chi connectivity index (χ4n) is 1.83. The molecule has 20 heavy (non-hydrogen) atoms. The maximum atomic E-state index is 12.8. The number of aliphatic hydroxyl groups excluding tert-OH is 1. The van der Waals surface area contributed by atoms with Crippen molar-refractivity contribution >= 4 is 5.97 Å². The number of carboxylic acid groups (broad SMARTS) is 1. The maximum Gasteiger partial charge on any atom is 0.304 e. The van der Waals surface area contributed by atoms with Gasteiger partial charge in [0.05, 0.1) is 26.2 Å². The summed E-state index contributed by atoms with van der Waals surface area (Å²) < 4.78 is 17.9. The Hall–Kier alpha value is -1.50. The highest BCUT2D eigenvalue weighted by Gasteiger charge is 2.13. The van der Waals surface area contributed by atoms with Crippen LogP contribution in [0.2, 0.25) is 0 Å². The SMILES string of the molecule is O=C(O)CC(Cc1ccc(F)cc1)NCCOCCO. The number of carbonyl (C=O) groups is 1. The molecule has 0 saturated carbocycles. The van der Waals surface area contributed by atoms with Crippen molar-refractivity contribution in [3.63, 3.8) is 0 Å². The summed E-state index contributed by atoms with van der Waals surface area (Å²) >= 11 is 0. The predicted octanol–water partition coefficient (Wildman–Crippen LogP) is 0.810. The molecule has 1 aromatic rings. The molecule has 1 aromatic carbocycles. The zero-order chi connectivity index (χ0) is 14.8. The molecule has 112 valence electrons. The lowest BCUT2D eigenvalue weighted by Gasteiger charge is -2.17. The van der Waals surface area contributed by atoms with E-state index in [4.69, 9.17) is 14.9 Å². The molecule has 0 amide bonds. The molecule has 0 aromatic heterocycles. The third-order valence-corrected chi connectivity index (χ3v) is 2.73. The van der Waals surface area contributed by atoms with E-state index in [1.165, 1.54) is 12.1 Å². The van der Waals surface area contributed by atoms with Crippen molar-refractivity contribution < 1.29 is 24.1 Å². The van der Waals surface area contributed by atoms with Gasteiger partial charge in [-0.05, 0) is 24.1 Å². The molecule has 1 atom stereocenters. The third-order valence-electron chi connectivity index (χ3n) is 2.73. The smallest absolute Gasteiger partial charge is 0.304 e. The van der Waals surface area contributed by atoms with Gasteiger partial charge >= 0.3 is 5.97 Å². The van der Waals surface area contributed by atoms with Crippen molar-refractivity contribution in [1.29, 1.82) is 0 Å². The molecule has 5 nitrogen and oxygen atoms in total. The zero-order valence-electron chi connectivity index (χ0n) is 11.2. The first-order valence-corrected chi connectivity index (χ1v) is 6.50. The monoisotopic (exact) mass is 285 g/mol. The number of aliphatic carboxylic acids is 1. The Morgan fingerprint density at radius 1 is 1.30 bits per heavy atom. The normalized spacial score (nSPS) is 12.3. The Morgan fingerprint density at radius 3 is 2.60 bits per heavy atom. The summed E-state index contributed by atoms with van der Waals surface area (Å²) in [7, 11) is 0. The largest absolute Gasteiger partial charge is 0.481 e. The van der Waals surface area contributed by atoms with Crippen molar-refractivity contribution in [1.82, 2.24) is 5.32 Å². The quantitative estimate of drug-likeness (QED) is 0.554. The van der Waals surface area contributed by atoms with Gasteiger partial charge in [-0.25, -0.2) is 4.39 Å². The van der Waals surface area contributed by atoms with E-state index in [1.807, 2.05) is 0 Å². The molecule has 0 aliphatic carbocycles. The van der Waals surface area contributed by atoms with E-state index in [1.54, 1.807) is 12.1 Å². The van der Waals surface area contributed by atoms with Gasteiger partial charge in [-0.2, -0.15) is 0 Å². The van der Waals surface area contributed by atoms with Crippen molar-refractivity contribution in [3.05, 3.63) is 35.6 Å². The van der Waals surface area contributed by atoms with Crippen LogP contribution in [0.1, 0.15) is 12.0 Å². The highest BCUT2D eigenvalue weighted by atomic mass is 19.1. The maximum absolute atomic E-state index is 12.8. The van der Waals surface area contributed by atoms with Gasteiger partial charge in [-0.1, -0.05) is 12.1 Å². The molecule has 0 spiro atoms. The van der Waals surface area contributed by atoms with Gasteiger partial charge in [0.2, 0.25) is 0 Å². The number of carboxylic acids is 1. The molecule has 0 aliphatic rings. The fourth-order valence-corrected chi connectivity index (χ4v) is 1.83. The minimum Gasteiger partial charge on any atom is -0.481 e. The number of hydrogen-bond acceptors (Lipinski definition) is 4. The highest BCUT2D eigenvalue weighted by Crippen LogP contribution is 2.08. The lowest BCUT2D eigenvalue weighted by Crippen LogP contribution is -2.35. The molecular weight excluding hydrogens is 265 g/mol. The van der Waals surface area contributed by atoms with Gasteiger partial charge in [0.25, 0.3) is 0 Å². The second-order valence-electron chi connectivity index (χ2n) is 4.42. The molecule has 0 aliphatic heterocycles. The first-order chi connectivity index (χ1) is 9.61. The average molecular weight is 285 g/mol. The summed E-state index contributed by atoms with van der Waals surface area (Å²) in [5.74, 6) is -1.20. The van der Waals surface area contributed by atoms with Crippen LogP contribution in [0.25, 0.3) is 0 Å². The standard InChI is InChI=1S/C14H20FNO4/c15-12-3-1-11(2-4-12)9-13(10-14(18)19)16-5-7-20-8-6-17/h1-4,13,16-17H,5-10H2,(H,18,19). The van der Waals surface area contributed by atoms with E-state index in [2.05, 4.69) is 5.32 Å². The number of nitrogens with one attached hydrogen (secondary N) is 1. The summed E-state index contributed by atoms with van der Waals surface area (Å²) in [6.07, 6.45) is 0.490. The van der Waals surface area contributed by atoms with Gasteiger partial charge in [0.1, 0.15) is 5.82 Å². The topological polar surface area (TPSA) is 78.8 Å². The first kappa shape index (κ1) is 16.6. The van der Waals surface area contributed by atoms with Crippen LogP contribution in [0.4, 0.5) is 4.39 Å². The van der Waals surface area contributed by atoms with Crippen molar-refractivity contribution in [2.45, 2.75) is 18.9 Å². The van der Waals surface area contributed by atoms with Crippen LogP contribution < -0.4 is 5.32 Å². The Balaban J connectivity index is 2.42. The summed E-state index contributed by atoms with van der Waals surface area (Å²) in [6, 6.07) is 5.77. The van der Waals surface area contributed by atoms with Crippen LogP contribution in [0.5, 0.6) is 0 Å². The van der Waals surface area contributed by atoms with Gasteiger partial charge in [0.15, 0.2) is 0 Å². The van der Waals surface area contributed by atoms with Crippen LogP contribution >= 0.6 is 0 Å². The molecule has 1 unspecified atom stereocenters. The van der Waals surface area contributed by atoms with E-state index in [-0.39, 0.29) is 31.5 Å². The molecule has 0 heterocycles. The lowest BCUT2D eigenvalue weighted by atomic mass is 10.0. The average Bonchev–Trinajstić information content (AvgIpc) is 2.40. The number of ether oxygens (including phenoxy) is 1. The number of halogens is 1. The van der Waals surface area contributed by atoms with E-state index in [9.17, 15) is 9.18 Å². The molecular formula is C14H20FNO4. The molecule has 0 fully saturated rings. The number of hydrogen-bond donors (Lipinski definition) is 3. The Labute approximate surface area is 117 Å². The van der Waals surface area contributed by atoms with Gasteiger partial charge in [-0.3, -0.25) is 4.79 Å². The second-order valence-corrected chi connectivity index (χ2v) is 4.42.